The molecule has 0 spiro atoms. The second-order valence-corrected chi connectivity index (χ2v) is 6.84. The molecule has 0 amide bonds. The molecule has 1 saturated carbocycles. The van der Waals surface area contributed by atoms with Crippen LogP contribution in [0.4, 0.5) is 0 Å². The second kappa shape index (κ2) is 4.93. The van der Waals surface area contributed by atoms with E-state index in [9.17, 15) is 0 Å². The quantitative estimate of drug-likeness (QED) is 0.844. The molecule has 3 nitrogen and oxygen atoms in total. The van der Waals surface area contributed by atoms with Crippen molar-refractivity contribution in [2.45, 2.75) is 71.4 Å². The molecule has 1 heterocycles. The maximum atomic E-state index is 6.50. The van der Waals surface area contributed by atoms with Crippen LogP contribution in [-0.2, 0) is 12.8 Å². The minimum absolute atomic E-state index is 0.290. The summed E-state index contributed by atoms with van der Waals surface area (Å²) in [6.07, 6.45) is 7.42. The van der Waals surface area contributed by atoms with Gasteiger partial charge in [0.1, 0.15) is 5.82 Å². The van der Waals surface area contributed by atoms with Crippen LogP contribution in [0.3, 0.4) is 0 Å². The van der Waals surface area contributed by atoms with E-state index >= 15 is 0 Å². The molecule has 106 valence electrons. The molecule has 4 unspecified atom stereocenters. The Kier molecular flexibility index (Phi) is 3.42. The SMILES string of the molecule is Cc1nc2c(n1C1C(C)CC(C)CC1N)CCCC2. The molecule has 4 atom stereocenters. The van der Waals surface area contributed by atoms with E-state index in [0.29, 0.717) is 12.0 Å². The first-order chi connectivity index (χ1) is 9.08. The van der Waals surface area contributed by atoms with Crippen LogP contribution in [0.5, 0.6) is 0 Å². The Hall–Kier alpha value is -0.830. The summed E-state index contributed by atoms with van der Waals surface area (Å²) in [6.45, 7) is 6.87. The summed E-state index contributed by atoms with van der Waals surface area (Å²) < 4.78 is 2.51. The first kappa shape index (κ1) is 13.2. The topological polar surface area (TPSA) is 43.8 Å². The molecular weight excluding hydrogens is 234 g/mol. The van der Waals surface area contributed by atoms with Gasteiger partial charge in [0.25, 0.3) is 0 Å². The normalized spacial score (nSPS) is 35.2. The smallest absolute Gasteiger partial charge is 0.106 e. The second-order valence-electron chi connectivity index (χ2n) is 6.84. The standard InChI is InChI=1S/C16H27N3/c1-10-8-11(2)16(13(17)9-10)19-12(3)18-14-6-4-5-7-15(14)19/h10-11,13,16H,4-9,17H2,1-3H3. The van der Waals surface area contributed by atoms with Crippen molar-refractivity contribution in [2.75, 3.05) is 0 Å². The lowest BCUT2D eigenvalue weighted by Gasteiger charge is -2.40. The van der Waals surface area contributed by atoms with Crippen molar-refractivity contribution >= 4 is 0 Å². The van der Waals surface area contributed by atoms with Gasteiger partial charge in [-0.1, -0.05) is 13.8 Å². The van der Waals surface area contributed by atoms with Gasteiger partial charge >= 0.3 is 0 Å². The first-order valence-corrected chi connectivity index (χ1v) is 7.90. The number of fused-ring (bicyclic) bond motifs is 1. The molecular formula is C16H27N3. The van der Waals surface area contributed by atoms with Crippen molar-refractivity contribution in [3.05, 3.63) is 17.2 Å². The number of nitrogens with zero attached hydrogens (tertiary/aromatic N) is 2. The summed E-state index contributed by atoms with van der Waals surface area (Å²) in [5.74, 6) is 2.62. The van der Waals surface area contributed by atoms with Crippen LogP contribution in [0.2, 0.25) is 0 Å². The van der Waals surface area contributed by atoms with E-state index < -0.39 is 0 Å². The summed E-state index contributed by atoms with van der Waals surface area (Å²) in [5, 5.41) is 0. The number of aromatic nitrogens is 2. The van der Waals surface area contributed by atoms with E-state index in [1.807, 2.05) is 0 Å². The van der Waals surface area contributed by atoms with Gasteiger partial charge in [0.05, 0.1) is 11.7 Å². The maximum Gasteiger partial charge on any atom is 0.106 e. The Morgan fingerprint density at radius 1 is 1.16 bits per heavy atom. The Morgan fingerprint density at radius 2 is 1.89 bits per heavy atom. The third-order valence-corrected chi connectivity index (χ3v) is 5.11. The molecule has 2 aliphatic carbocycles. The highest BCUT2D eigenvalue weighted by molar-refractivity contribution is 5.22. The predicted octanol–water partition coefficient (Wildman–Crippen LogP) is 3.00. The van der Waals surface area contributed by atoms with Gasteiger partial charge in [-0.3, -0.25) is 0 Å². The molecule has 19 heavy (non-hydrogen) atoms. The molecule has 0 bridgehead atoms. The molecule has 3 rings (SSSR count). The van der Waals surface area contributed by atoms with Gasteiger partial charge in [-0.25, -0.2) is 4.98 Å². The number of imidazole rings is 1. The number of rotatable bonds is 1. The van der Waals surface area contributed by atoms with Gasteiger partial charge in [0, 0.05) is 11.7 Å². The number of hydrogen-bond donors (Lipinski definition) is 1. The fraction of sp³-hybridized carbons (Fsp3) is 0.812. The molecule has 0 aromatic carbocycles. The minimum Gasteiger partial charge on any atom is -0.327 e. The monoisotopic (exact) mass is 261 g/mol. The summed E-state index contributed by atoms with van der Waals surface area (Å²) >= 11 is 0. The fourth-order valence-corrected chi connectivity index (χ4v) is 4.44. The first-order valence-electron chi connectivity index (χ1n) is 7.90. The Labute approximate surface area is 116 Å². The minimum atomic E-state index is 0.290. The summed E-state index contributed by atoms with van der Waals surface area (Å²) in [7, 11) is 0. The lowest BCUT2D eigenvalue weighted by molar-refractivity contribution is 0.173. The van der Waals surface area contributed by atoms with E-state index in [1.54, 1.807) is 0 Å². The lowest BCUT2D eigenvalue weighted by atomic mass is 9.76. The number of hydrogen-bond acceptors (Lipinski definition) is 2. The van der Waals surface area contributed by atoms with Crippen molar-refractivity contribution < 1.29 is 0 Å². The molecule has 1 fully saturated rings. The highest BCUT2D eigenvalue weighted by atomic mass is 15.1. The fourth-order valence-electron chi connectivity index (χ4n) is 4.44. The molecule has 2 aliphatic rings. The van der Waals surface area contributed by atoms with Gasteiger partial charge in [-0.15, -0.1) is 0 Å². The van der Waals surface area contributed by atoms with Crippen molar-refractivity contribution in [2.24, 2.45) is 17.6 Å². The molecule has 1 aromatic rings. The van der Waals surface area contributed by atoms with E-state index in [-0.39, 0.29) is 6.04 Å². The van der Waals surface area contributed by atoms with Crippen molar-refractivity contribution in [3.8, 4) is 0 Å². The van der Waals surface area contributed by atoms with Crippen molar-refractivity contribution in [3.63, 3.8) is 0 Å². The average Bonchev–Trinajstić information content (AvgIpc) is 2.65. The van der Waals surface area contributed by atoms with Gasteiger partial charge in [-0.05, 0) is 57.3 Å². The zero-order valence-corrected chi connectivity index (χ0v) is 12.5. The molecule has 0 saturated heterocycles. The van der Waals surface area contributed by atoms with Crippen LogP contribution in [0.1, 0.15) is 62.8 Å². The highest BCUT2D eigenvalue weighted by Gasteiger charge is 2.35. The van der Waals surface area contributed by atoms with Gasteiger partial charge in [0.15, 0.2) is 0 Å². The molecule has 2 N–H and O–H groups in total. The van der Waals surface area contributed by atoms with Crippen LogP contribution in [0, 0.1) is 18.8 Å². The number of aryl methyl sites for hydroxylation is 2. The van der Waals surface area contributed by atoms with E-state index in [1.165, 1.54) is 42.9 Å². The van der Waals surface area contributed by atoms with E-state index in [0.717, 1.165) is 18.8 Å². The Bertz CT molecular complexity index is 451. The predicted molar refractivity (Wildman–Crippen MR) is 78.2 cm³/mol. The van der Waals surface area contributed by atoms with Crippen LogP contribution >= 0.6 is 0 Å². The third-order valence-electron chi connectivity index (χ3n) is 5.11. The lowest BCUT2D eigenvalue weighted by Crippen LogP contribution is -2.43. The number of nitrogens with two attached hydrogens (primary N) is 1. The van der Waals surface area contributed by atoms with Crippen molar-refractivity contribution in [1.82, 2.24) is 9.55 Å². The zero-order chi connectivity index (χ0) is 13.6. The summed E-state index contributed by atoms with van der Waals surface area (Å²) in [5.41, 5.74) is 9.34. The average molecular weight is 261 g/mol. The maximum absolute atomic E-state index is 6.50. The molecule has 0 radical (unpaired) electrons. The Balaban J connectivity index is 1.99. The van der Waals surface area contributed by atoms with Crippen LogP contribution in [-0.4, -0.2) is 15.6 Å². The van der Waals surface area contributed by atoms with E-state index in [2.05, 4.69) is 25.3 Å². The van der Waals surface area contributed by atoms with E-state index in [4.69, 9.17) is 10.7 Å². The van der Waals surface area contributed by atoms with Gasteiger partial charge < -0.3 is 10.3 Å². The largest absolute Gasteiger partial charge is 0.327 e. The molecule has 3 heteroatoms. The summed E-state index contributed by atoms with van der Waals surface area (Å²) in [6, 6.07) is 0.753. The zero-order valence-electron chi connectivity index (χ0n) is 12.5. The molecule has 0 aliphatic heterocycles. The van der Waals surface area contributed by atoms with Crippen LogP contribution < -0.4 is 5.73 Å². The highest BCUT2D eigenvalue weighted by Crippen LogP contribution is 2.39. The van der Waals surface area contributed by atoms with Gasteiger partial charge in [-0.2, -0.15) is 0 Å². The van der Waals surface area contributed by atoms with Crippen LogP contribution in [0.25, 0.3) is 0 Å². The van der Waals surface area contributed by atoms with Crippen molar-refractivity contribution in [1.29, 1.82) is 0 Å². The Morgan fingerprint density at radius 3 is 2.63 bits per heavy atom. The molecule has 1 aromatic heterocycles. The third kappa shape index (κ3) is 2.22. The van der Waals surface area contributed by atoms with Crippen LogP contribution in [0.15, 0.2) is 0 Å². The van der Waals surface area contributed by atoms with Gasteiger partial charge in [0.2, 0.25) is 0 Å². The summed E-state index contributed by atoms with van der Waals surface area (Å²) in [4.78, 5) is 4.82.